The maximum Gasteiger partial charge on any atom is 0.416 e. The third-order valence-corrected chi connectivity index (χ3v) is 7.66. The van der Waals surface area contributed by atoms with Crippen molar-refractivity contribution in [1.29, 1.82) is 0 Å². The van der Waals surface area contributed by atoms with Crippen LogP contribution in [-0.2, 0) is 13.0 Å². The van der Waals surface area contributed by atoms with E-state index in [-0.39, 0.29) is 6.04 Å². The van der Waals surface area contributed by atoms with E-state index in [0.717, 1.165) is 52.9 Å². The van der Waals surface area contributed by atoms with Gasteiger partial charge in [-0.2, -0.15) is 0 Å². The van der Waals surface area contributed by atoms with E-state index in [0.29, 0.717) is 35.4 Å². The van der Waals surface area contributed by atoms with Gasteiger partial charge in [0.2, 0.25) is 0 Å². The zero-order valence-corrected chi connectivity index (χ0v) is 23.2. The summed E-state index contributed by atoms with van der Waals surface area (Å²) in [6, 6.07) is 20.2. The first kappa shape index (κ1) is 26.3. The van der Waals surface area contributed by atoms with Crippen LogP contribution in [0, 0.1) is 0 Å². The number of aryl methyl sites for hydroxylation is 1. The van der Waals surface area contributed by atoms with Crippen molar-refractivity contribution in [3.63, 3.8) is 0 Å². The number of aromatic nitrogens is 3. The van der Waals surface area contributed by atoms with Crippen molar-refractivity contribution in [2.75, 3.05) is 13.2 Å². The lowest BCUT2D eigenvalue weighted by atomic mass is 9.92. The summed E-state index contributed by atoms with van der Waals surface area (Å²) < 4.78 is 13.8. The average molecular weight is 575 g/mol. The lowest BCUT2D eigenvalue weighted by Gasteiger charge is -2.35. The quantitative estimate of drug-likeness (QED) is 0.193. The fourth-order valence-electron chi connectivity index (χ4n) is 5.22. The Kier molecular flexibility index (Phi) is 7.66. The van der Waals surface area contributed by atoms with Crippen molar-refractivity contribution in [1.82, 2.24) is 19.4 Å². The van der Waals surface area contributed by atoms with Gasteiger partial charge in [-0.05, 0) is 85.0 Å². The molecule has 0 spiro atoms. The van der Waals surface area contributed by atoms with Crippen molar-refractivity contribution in [3.8, 4) is 11.5 Å². The van der Waals surface area contributed by atoms with Crippen LogP contribution in [0.3, 0.4) is 0 Å². The average Bonchev–Trinajstić information content (AvgIpc) is 3.62. The molecule has 0 aliphatic carbocycles. The molecule has 9 heteroatoms. The summed E-state index contributed by atoms with van der Waals surface area (Å²) in [5.74, 6) is 1.24. The number of aromatic amines is 1. The van der Waals surface area contributed by atoms with Gasteiger partial charge in [0, 0.05) is 52.1 Å². The number of hydrogen-bond acceptors (Lipinski definition) is 4. The first-order chi connectivity index (χ1) is 19.5. The summed E-state index contributed by atoms with van der Waals surface area (Å²) >= 11 is 12.3. The highest BCUT2D eigenvalue weighted by molar-refractivity contribution is 6.31. The van der Waals surface area contributed by atoms with Gasteiger partial charge in [0.05, 0.1) is 12.9 Å². The molecule has 3 heterocycles. The molecule has 0 saturated heterocycles. The Labute approximate surface area is 242 Å². The van der Waals surface area contributed by atoms with E-state index in [4.69, 9.17) is 32.7 Å². The second kappa shape index (κ2) is 11.7. The van der Waals surface area contributed by atoms with Crippen LogP contribution in [0.4, 0.5) is 4.79 Å². The molecule has 0 bridgehead atoms. The minimum atomic E-state index is -0.423. The molecule has 1 atom stereocenters. The molecule has 1 aliphatic rings. The molecule has 0 radical (unpaired) electrons. The number of unbranched alkanes of at least 4 members (excludes halogenated alkanes) is 1. The van der Waals surface area contributed by atoms with E-state index in [2.05, 4.69) is 14.5 Å². The number of ether oxygens (including phenoxy) is 2. The lowest BCUT2D eigenvalue weighted by Crippen LogP contribution is -2.42. The number of H-pyrrole nitrogens is 1. The highest BCUT2D eigenvalue weighted by atomic mass is 35.5. The number of hydrogen-bond donors (Lipinski definition) is 1. The van der Waals surface area contributed by atoms with Crippen LogP contribution in [0.1, 0.15) is 35.7 Å². The summed E-state index contributed by atoms with van der Waals surface area (Å²) in [4.78, 5) is 22.9. The summed E-state index contributed by atoms with van der Waals surface area (Å²) in [5, 5.41) is 2.34. The van der Waals surface area contributed by atoms with Crippen molar-refractivity contribution < 1.29 is 14.3 Å². The molecule has 0 fully saturated rings. The molecule has 2 aromatic heterocycles. The Morgan fingerprint density at radius 1 is 0.975 bits per heavy atom. The maximum atomic E-state index is 13.5. The highest BCUT2D eigenvalue weighted by Gasteiger charge is 2.35. The molecule has 1 aliphatic heterocycles. The van der Waals surface area contributed by atoms with Crippen LogP contribution < -0.4 is 9.47 Å². The molecule has 40 heavy (non-hydrogen) atoms. The molecule has 1 amide bonds. The van der Waals surface area contributed by atoms with Crippen molar-refractivity contribution in [2.45, 2.75) is 31.8 Å². The lowest BCUT2D eigenvalue weighted by molar-refractivity contribution is 0.135. The normalized spacial score (nSPS) is 14.8. The smallest absolute Gasteiger partial charge is 0.416 e. The summed E-state index contributed by atoms with van der Waals surface area (Å²) in [5.41, 5.74) is 4.07. The number of rotatable bonds is 8. The Morgan fingerprint density at radius 2 is 1.75 bits per heavy atom. The summed E-state index contributed by atoms with van der Waals surface area (Å²) in [7, 11) is 0. The number of benzene rings is 3. The number of nitrogens with zero attached hydrogens (tertiary/aromatic N) is 3. The molecule has 1 unspecified atom stereocenters. The minimum absolute atomic E-state index is 0.362. The fourth-order valence-corrected chi connectivity index (χ4v) is 5.52. The predicted molar refractivity (Wildman–Crippen MR) is 156 cm³/mol. The number of fused-ring (bicyclic) bond motifs is 3. The van der Waals surface area contributed by atoms with Crippen molar-refractivity contribution in [2.24, 2.45) is 0 Å². The van der Waals surface area contributed by atoms with Gasteiger partial charge in [-0.15, -0.1) is 0 Å². The van der Waals surface area contributed by atoms with E-state index in [1.807, 2.05) is 55.0 Å². The maximum absolute atomic E-state index is 13.5. The van der Waals surface area contributed by atoms with Gasteiger partial charge in [-0.25, -0.2) is 9.78 Å². The molecule has 7 nitrogen and oxygen atoms in total. The van der Waals surface area contributed by atoms with Crippen LogP contribution in [0.5, 0.6) is 11.5 Å². The van der Waals surface area contributed by atoms with Crippen molar-refractivity contribution >= 4 is 40.2 Å². The molecule has 5 aromatic rings. The monoisotopic (exact) mass is 574 g/mol. The fraction of sp³-hybridized carbons (Fsp3) is 0.226. The zero-order chi connectivity index (χ0) is 27.5. The third kappa shape index (κ3) is 5.67. The second-order valence-electron chi connectivity index (χ2n) is 9.80. The van der Waals surface area contributed by atoms with Crippen molar-refractivity contribution in [3.05, 3.63) is 112 Å². The summed E-state index contributed by atoms with van der Waals surface area (Å²) in [6.45, 7) is 2.05. The number of imidazole rings is 1. The van der Waals surface area contributed by atoms with Gasteiger partial charge in [0.1, 0.15) is 17.5 Å². The van der Waals surface area contributed by atoms with Gasteiger partial charge in [-0.1, -0.05) is 35.3 Å². The molecule has 1 N–H and O–H groups in total. The zero-order valence-electron chi connectivity index (χ0n) is 21.7. The Balaban J connectivity index is 1.22. The van der Waals surface area contributed by atoms with Gasteiger partial charge < -0.3 is 19.0 Å². The van der Waals surface area contributed by atoms with Gasteiger partial charge in [0.25, 0.3) is 0 Å². The predicted octanol–water partition coefficient (Wildman–Crippen LogP) is 7.68. The highest BCUT2D eigenvalue weighted by Crippen LogP contribution is 2.40. The van der Waals surface area contributed by atoms with Crippen LogP contribution in [-0.4, -0.2) is 38.7 Å². The number of carbonyl (C=O) groups is 1. The van der Waals surface area contributed by atoms with E-state index in [9.17, 15) is 4.79 Å². The minimum Gasteiger partial charge on any atom is -0.494 e. The van der Waals surface area contributed by atoms with E-state index >= 15 is 0 Å². The molecular weight excluding hydrogens is 547 g/mol. The number of carbonyl (C=O) groups excluding carboxylic acids is 1. The molecule has 6 rings (SSSR count). The Bertz CT molecular complexity index is 1600. The third-order valence-electron chi connectivity index (χ3n) is 7.18. The first-order valence-electron chi connectivity index (χ1n) is 13.3. The largest absolute Gasteiger partial charge is 0.494 e. The summed E-state index contributed by atoms with van der Waals surface area (Å²) in [6.07, 6.45) is 7.79. The second-order valence-corrected chi connectivity index (χ2v) is 10.7. The Hall–Kier alpha value is -3.94. The number of nitrogens with one attached hydrogen (secondary N) is 1. The molecule has 204 valence electrons. The first-order valence-corrected chi connectivity index (χ1v) is 14.0. The van der Waals surface area contributed by atoms with Gasteiger partial charge in [0.15, 0.2) is 0 Å². The van der Waals surface area contributed by atoms with Crippen LogP contribution in [0.25, 0.3) is 10.9 Å². The van der Waals surface area contributed by atoms with Crippen LogP contribution >= 0.6 is 23.2 Å². The van der Waals surface area contributed by atoms with E-state index < -0.39 is 6.09 Å². The van der Waals surface area contributed by atoms with E-state index in [1.165, 1.54) is 0 Å². The number of halogens is 2. The van der Waals surface area contributed by atoms with Gasteiger partial charge >= 0.3 is 6.09 Å². The molecule has 3 aromatic carbocycles. The van der Waals surface area contributed by atoms with Crippen LogP contribution in [0.2, 0.25) is 10.0 Å². The molecular formula is C31H28Cl2N4O3. The Morgan fingerprint density at radius 3 is 2.52 bits per heavy atom. The number of amides is 1. The SMILES string of the molecule is O=C(Oc1ccc(Cl)cc1)N1CCc2c([nH]c3ccc(Cl)cc23)C1c1ccc(OCCCCn2ccnc2)cc1. The standard InChI is InChI=1S/C31H28Cl2N4O3/c32-22-5-10-25(11-6-22)40-31(38)37-16-13-26-27-19-23(33)7-12-28(27)35-29(26)30(37)21-3-8-24(9-4-21)39-18-2-1-15-36-17-14-34-20-36/h3-12,14,17,19-20,30,35H,1-2,13,15-16,18H2. The molecule has 0 saturated carbocycles. The topological polar surface area (TPSA) is 72.4 Å². The van der Waals surface area contributed by atoms with Crippen LogP contribution in [0.15, 0.2) is 85.5 Å². The van der Waals surface area contributed by atoms with E-state index in [1.54, 1.807) is 35.4 Å². The van der Waals surface area contributed by atoms with Gasteiger partial charge in [-0.3, -0.25) is 4.90 Å².